The second-order valence-corrected chi connectivity index (χ2v) is 2.87. The van der Waals surface area contributed by atoms with Crippen LogP contribution in [-0.4, -0.2) is 7.11 Å². The molecule has 0 bridgehead atoms. The molecule has 74 valence electrons. The molecule has 0 aliphatic heterocycles. The van der Waals surface area contributed by atoms with Gasteiger partial charge in [0.1, 0.15) is 11.8 Å². The largest absolute Gasteiger partial charge is 0.496 e. The van der Waals surface area contributed by atoms with E-state index in [9.17, 15) is 8.78 Å². The predicted octanol–water partition coefficient (Wildman–Crippen LogP) is 2.62. The summed E-state index contributed by atoms with van der Waals surface area (Å²) in [5, 5.41) is 8.23. The average Bonchev–Trinajstić information content (AvgIpc) is 2.17. The van der Waals surface area contributed by atoms with Gasteiger partial charge in [0.05, 0.1) is 7.11 Å². The van der Waals surface area contributed by atoms with Gasteiger partial charge in [0.15, 0.2) is 0 Å². The fourth-order valence-electron chi connectivity index (χ4n) is 1.14. The number of alkyl halides is 2. The number of benzene rings is 1. The van der Waals surface area contributed by atoms with Crippen molar-refractivity contribution in [2.75, 3.05) is 7.11 Å². The summed E-state index contributed by atoms with van der Waals surface area (Å²) < 4.78 is 30.7. The summed E-state index contributed by atoms with van der Waals surface area (Å²) in [6.07, 6.45) is 0. The van der Waals surface area contributed by atoms with Crippen LogP contribution in [0.15, 0.2) is 18.2 Å². The molecular formula is C10H9F2NO. The molecule has 4 heteroatoms. The van der Waals surface area contributed by atoms with Gasteiger partial charge in [-0.1, -0.05) is 0 Å². The van der Waals surface area contributed by atoms with Crippen molar-refractivity contribution in [1.29, 1.82) is 5.26 Å². The Morgan fingerprint density at radius 1 is 1.43 bits per heavy atom. The van der Waals surface area contributed by atoms with E-state index in [-0.39, 0.29) is 5.56 Å². The Hall–Kier alpha value is -1.63. The van der Waals surface area contributed by atoms with Gasteiger partial charge in [-0.3, -0.25) is 0 Å². The summed E-state index contributed by atoms with van der Waals surface area (Å²) in [6.45, 7) is 1.65. The number of aryl methyl sites for hydroxylation is 1. The van der Waals surface area contributed by atoms with Crippen LogP contribution in [0, 0.1) is 18.3 Å². The van der Waals surface area contributed by atoms with Gasteiger partial charge >= 0.3 is 5.92 Å². The van der Waals surface area contributed by atoms with E-state index in [4.69, 9.17) is 10.00 Å². The molecule has 0 fully saturated rings. The Labute approximate surface area is 80.7 Å². The van der Waals surface area contributed by atoms with Crippen molar-refractivity contribution in [3.8, 4) is 11.8 Å². The Bertz CT molecular complexity index is 382. The van der Waals surface area contributed by atoms with Crippen molar-refractivity contribution in [1.82, 2.24) is 0 Å². The first kappa shape index (κ1) is 10.5. The molecule has 0 heterocycles. The van der Waals surface area contributed by atoms with Gasteiger partial charge < -0.3 is 4.74 Å². The number of methoxy groups -OCH3 is 1. The lowest BCUT2D eigenvalue weighted by atomic mass is 10.1. The van der Waals surface area contributed by atoms with E-state index in [0.717, 1.165) is 6.07 Å². The third-order valence-electron chi connectivity index (χ3n) is 1.90. The van der Waals surface area contributed by atoms with Crippen LogP contribution in [-0.2, 0) is 5.92 Å². The standard InChI is InChI=1S/C10H9F2NO/c1-7-5-8(10(11,12)6-13)3-4-9(7)14-2/h3-5H,1-2H3. The topological polar surface area (TPSA) is 33.0 Å². The van der Waals surface area contributed by atoms with E-state index in [2.05, 4.69) is 0 Å². The zero-order valence-electron chi connectivity index (χ0n) is 7.84. The summed E-state index contributed by atoms with van der Waals surface area (Å²) in [5.74, 6) is -2.90. The van der Waals surface area contributed by atoms with Gasteiger partial charge in [-0.2, -0.15) is 14.0 Å². The minimum atomic E-state index is -3.43. The summed E-state index contributed by atoms with van der Waals surface area (Å²) in [4.78, 5) is 0. The van der Waals surface area contributed by atoms with Crippen molar-refractivity contribution >= 4 is 0 Å². The molecule has 0 aliphatic rings. The van der Waals surface area contributed by atoms with Gasteiger partial charge in [0.2, 0.25) is 0 Å². The highest BCUT2D eigenvalue weighted by molar-refractivity contribution is 5.39. The van der Waals surface area contributed by atoms with E-state index >= 15 is 0 Å². The first-order valence-corrected chi connectivity index (χ1v) is 3.95. The van der Waals surface area contributed by atoms with Gasteiger partial charge in [0, 0.05) is 5.56 Å². The Balaban J connectivity index is 3.17. The lowest BCUT2D eigenvalue weighted by Crippen LogP contribution is -2.09. The quantitative estimate of drug-likeness (QED) is 0.730. The van der Waals surface area contributed by atoms with Gasteiger partial charge in [-0.25, -0.2) is 0 Å². The lowest BCUT2D eigenvalue weighted by molar-refractivity contribution is 0.0612. The van der Waals surface area contributed by atoms with E-state index in [0.29, 0.717) is 11.3 Å². The van der Waals surface area contributed by atoms with Crippen LogP contribution in [0.2, 0.25) is 0 Å². The van der Waals surface area contributed by atoms with Crippen molar-refractivity contribution in [2.45, 2.75) is 12.8 Å². The van der Waals surface area contributed by atoms with Crippen molar-refractivity contribution < 1.29 is 13.5 Å². The summed E-state index contributed by atoms with van der Waals surface area (Å²) in [7, 11) is 1.46. The summed E-state index contributed by atoms with van der Waals surface area (Å²) in [6, 6.07) is 4.82. The van der Waals surface area contributed by atoms with Crippen LogP contribution in [0.4, 0.5) is 8.78 Å². The molecule has 0 aliphatic carbocycles. The molecule has 14 heavy (non-hydrogen) atoms. The minimum Gasteiger partial charge on any atom is -0.496 e. The number of hydrogen-bond donors (Lipinski definition) is 0. The zero-order valence-corrected chi connectivity index (χ0v) is 7.84. The molecule has 0 unspecified atom stereocenters. The molecule has 0 aromatic heterocycles. The van der Waals surface area contributed by atoms with E-state index in [1.165, 1.54) is 25.3 Å². The van der Waals surface area contributed by atoms with Crippen LogP contribution in [0.25, 0.3) is 0 Å². The highest BCUT2D eigenvalue weighted by Gasteiger charge is 2.31. The predicted molar refractivity (Wildman–Crippen MR) is 47.2 cm³/mol. The van der Waals surface area contributed by atoms with E-state index in [1.807, 2.05) is 0 Å². The van der Waals surface area contributed by atoms with Gasteiger partial charge in [-0.15, -0.1) is 0 Å². The molecule has 0 amide bonds. The average molecular weight is 197 g/mol. The van der Waals surface area contributed by atoms with Crippen molar-refractivity contribution in [3.05, 3.63) is 29.3 Å². The first-order valence-electron chi connectivity index (χ1n) is 3.95. The monoisotopic (exact) mass is 197 g/mol. The van der Waals surface area contributed by atoms with Gasteiger partial charge in [0.25, 0.3) is 0 Å². The summed E-state index contributed by atoms with van der Waals surface area (Å²) >= 11 is 0. The Kier molecular flexibility index (Phi) is 2.70. The normalized spacial score (nSPS) is 10.8. The van der Waals surface area contributed by atoms with Crippen LogP contribution < -0.4 is 4.74 Å². The third kappa shape index (κ3) is 1.82. The third-order valence-corrected chi connectivity index (χ3v) is 1.90. The van der Waals surface area contributed by atoms with Crippen LogP contribution >= 0.6 is 0 Å². The molecule has 0 atom stereocenters. The maximum Gasteiger partial charge on any atom is 0.357 e. The minimum absolute atomic E-state index is 0.307. The fraction of sp³-hybridized carbons (Fsp3) is 0.300. The Morgan fingerprint density at radius 2 is 2.07 bits per heavy atom. The van der Waals surface area contributed by atoms with E-state index in [1.54, 1.807) is 6.92 Å². The number of ether oxygens (including phenoxy) is 1. The number of hydrogen-bond acceptors (Lipinski definition) is 2. The second kappa shape index (κ2) is 3.62. The smallest absolute Gasteiger partial charge is 0.357 e. The number of halogens is 2. The number of nitrogens with zero attached hydrogens (tertiary/aromatic N) is 1. The fourth-order valence-corrected chi connectivity index (χ4v) is 1.14. The maximum absolute atomic E-state index is 12.9. The SMILES string of the molecule is COc1ccc(C(F)(F)C#N)cc1C. The highest BCUT2D eigenvalue weighted by atomic mass is 19.3. The second-order valence-electron chi connectivity index (χ2n) is 2.87. The first-order chi connectivity index (χ1) is 6.51. The van der Waals surface area contributed by atoms with Gasteiger partial charge in [-0.05, 0) is 30.7 Å². The molecule has 1 rings (SSSR count). The molecule has 0 saturated heterocycles. The Morgan fingerprint density at radius 3 is 2.50 bits per heavy atom. The van der Waals surface area contributed by atoms with Crippen molar-refractivity contribution in [2.24, 2.45) is 0 Å². The van der Waals surface area contributed by atoms with Crippen LogP contribution in [0.3, 0.4) is 0 Å². The van der Waals surface area contributed by atoms with Crippen LogP contribution in [0.5, 0.6) is 5.75 Å². The molecule has 2 nitrogen and oxygen atoms in total. The lowest BCUT2D eigenvalue weighted by Gasteiger charge is -2.10. The highest BCUT2D eigenvalue weighted by Crippen LogP contribution is 2.30. The molecular weight excluding hydrogens is 188 g/mol. The molecule has 0 N–H and O–H groups in total. The molecule has 0 spiro atoms. The maximum atomic E-state index is 12.9. The summed E-state index contributed by atoms with van der Waals surface area (Å²) in [5.41, 5.74) is 0.276. The van der Waals surface area contributed by atoms with E-state index < -0.39 is 5.92 Å². The van der Waals surface area contributed by atoms with Crippen molar-refractivity contribution in [3.63, 3.8) is 0 Å². The number of nitriles is 1. The molecule has 0 saturated carbocycles. The zero-order chi connectivity index (χ0) is 10.8. The molecule has 0 radical (unpaired) electrons. The number of rotatable bonds is 2. The van der Waals surface area contributed by atoms with Crippen LogP contribution in [0.1, 0.15) is 11.1 Å². The molecule has 1 aromatic rings. The molecule has 1 aromatic carbocycles.